The monoisotopic (exact) mass is 377 g/mol. The lowest BCUT2D eigenvalue weighted by molar-refractivity contribution is 0.139. The van der Waals surface area contributed by atoms with Crippen LogP contribution in [0, 0.1) is 5.92 Å². The second kappa shape index (κ2) is 6.69. The smallest absolute Gasteiger partial charge is 0.291 e. The Bertz CT molecular complexity index is 976. The molecule has 0 amide bonds. The van der Waals surface area contributed by atoms with Crippen LogP contribution in [-0.2, 0) is 0 Å². The zero-order valence-corrected chi connectivity index (χ0v) is 16.3. The first-order valence-corrected chi connectivity index (χ1v) is 10.9. The van der Waals surface area contributed by atoms with Gasteiger partial charge in [0.05, 0.1) is 11.2 Å². The van der Waals surface area contributed by atoms with Gasteiger partial charge < -0.3 is 9.42 Å². The van der Waals surface area contributed by atoms with Crippen molar-refractivity contribution in [1.82, 2.24) is 24.8 Å². The fourth-order valence-corrected chi connectivity index (χ4v) is 4.78. The largest absolute Gasteiger partial charge is 0.337 e. The number of fused-ring (bicyclic) bond motifs is 1. The van der Waals surface area contributed by atoms with E-state index in [-0.39, 0.29) is 0 Å². The van der Waals surface area contributed by atoms with E-state index in [9.17, 15) is 0 Å². The molecular weight excluding hydrogens is 350 g/mol. The van der Waals surface area contributed by atoms with Gasteiger partial charge in [-0.1, -0.05) is 24.6 Å². The topological polar surface area (TPSA) is 60.0 Å². The number of para-hydroxylation sites is 1. The number of nitrogens with zero attached hydrogens (tertiary/aromatic N) is 5. The lowest BCUT2D eigenvalue weighted by Crippen LogP contribution is -2.38. The highest BCUT2D eigenvalue weighted by molar-refractivity contribution is 5.83. The summed E-state index contributed by atoms with van der Waals surface area (Å²) in [6, 6.07) is 8.39. The second-order valence-corrected chi connectivity index (χ2v) is 8.89. The van der Waals surface area contributed by atoms with Crippen molar-refractivity contribution >= 4 is 10.9 Å². The Morgan fingerprint density at radius 1 is 0.964 bits per heavy atom. The van der Waals surface area contributed by atoms with E-state index in [1.165, 1.54) is 49.7 Å². The van der Waals surface area contributed by atoms with Crippen molar-refractivity contribution in [2.24, 2.45) is 5.92 Å². The second-order valence-electron chi connectivity index (χ2n) is 8.89. The summed E-state index contributed by atoms with van der Waals surface area (Å²) >= 11 is 0. The standard InChI is InChI=1S/C22H27N5O/c1-2-7-19-18(6-1)20(16-8-9-16)24-27(19)22-23-21(28-25-22)17-10-12-26(13-11-17)14-15-4-3-5-15/h1-2,6-7,15-17H,3-5,8-14H2. The minimum Gasteiger partial charge on any atom is -0.337 e. The Kier molecular flexibility index (Phi) is 4.00. The van der Waals surface area contributed by atoms with Crippen molar-refractivity contribution in [3.63, 3.8) is 0 Å². The fraction of sp³-hybridized carbons (Fsp3) is 0.591. The summed E-state index contributed by atoms with van der Waals surface area (Å²) < 4.78 is 7.58. The summed E-state index contributed by atoms with van der Waals surface area (Å²) in [5.41, 5.74) is 2.26. The Labute approximate surface area is 164 Å². The molecular formula is C22H27N5O. The number of likely N-dealkylation sites (tertiary alicyclic amines) is 1. The van der Waals surface area contributed by atoms with Gasteiger partial charge in [0.1, 0.15) is 0 Å². The molecule has 0 atom stereocenters. The van der Waals surface area contributed by atoms with Crippen LogP contribution in [0.3, 0.4) is 0 Å². The first-order valence-electron chi connectivity index (χ1n) is 10.9. The van der Waals surface area contributed by atoms with E-state index in [1.807, 2.05) is 4.68 Å². The minimum absolute atomic E-state index is 0.378. The predicted octanol–water partition coefficient (Wildman–Crippen LogP) is 4.27. The first kappa shape index (κ1) is 16.7. The molecule has 6 rings (SSSR count). The van der Waals surface area contributed by atoms with Gasteiger partial charge in [-0.15, -0.1) is 0 Å². The van der Waals surface area contributed by atoms with Crippen LogP contribution in [-0.4, -0.2) is 44.5 Å². The van der Waals surface area contributed by atoms with Gasteiger partial charge >= 0.3 is 0 Å². The third kappa shape index (κ3) is 2.94. The zero-order valence-electron chi connectivity index (χ0n) is 16.3. The first-order chi connectivity index (χ1) is 13.8. The van der Waals surface area contributed by atoms with Gasteiger partial charge in [0.2, 0.25) is 5.89 Å². The molecule has 2 saturated carbocycles. The van der Waals surface area contributed by atoms with Crippen molar-refractivity contribution in [3.8, 4) is 5.95 Å². The summed E-state index contributed by atoms with van der Waals surface area (Å²) in [6.45, 7) is 3.58. The third-order valence-corrected chi connectivity index (χ3v) is 6.88. The zero-order chi connectivity index (χ0) is 18.5. The maximum atomic E-state index is 5.70. The van der Waals surface area contributed by atoms with E-state index in [0.29, 0.717) is 17.8 Å². The molecule has 6 nitrogen and oxygen atoms in total. The molecule has 1 aliphatic heterocycles. The van der Waals surface area contributed by atoms with Gasteiger partial charge in [-0.05, 0) is 68.8 Å². The molecule has 0 radical (unpaired) electrons. The molecule has 1 aromatic carbocycles. The average Bonchev–Trinajstić information content (AvgIpc) is 3.30. The lowest BCUT2D eigenvalue weighted by atomic mass is 9.84. The van der Waals surface area contributed by atoms with E-state index < -0.39 is 0 Å². The molecule has 3 fully saturated rings. The van der Waals surface area contributed by atoms with E-state index in [4.69, 9.17) is 14.6 Å². The molecule has 0 bridgehead atoms. The van der Waals surface area contributed by atoms with E-state index in [1.54, 1.807) is 0 Å². The molecule has 0 spiro atoms. The highest BCUT2D eigenvalue weighted by Crippen LogP contribution is 2.42. The van der Waals surface area contributed by atoms with Crippen molar-refractivity contribution in [2.45, 2.75) is 56.8 Å². The molecule has 28 heavy (non-hydrogen) atoms. The van der Waals surface area contributed by atoms with Crippen LogP contribution in [0.4, 0.5) is 0 Å². The molecule has 2 aliphatic carbocycles. The number of aromatic nitrogens is 4. The van der Waals surface area contributed by atoms with Crippen LogP contribution in [0.25, 0.3) is 16.9 Å². The maximum Gasteiger partial charge on any atom is 0.291 e. The van der Waals surface area contributed by atoms with Gasteiger partial charge in [-0.3, -0.25) is 0 Å². The van der Waals surface area contributed by atoms with Crippen molar-refractivity contribution in [2.75, 3.05) is 19.6 Å². The summed E-state index contributed by atoms with van der Waals surface area (Å²) in [6.07, 6.45) is 8.97. The van der Waals surface area contributed by atoms with Gasteiger partial charge in [-0.2, -0.15) is 14.8 Å². The molecule has 0 N–H and O–H groups in total. The van der Waals surface area contributed by atoms with Crippen LogP contribution in [0.15, 0.2) is 28.8 Å². The van der Waals surface area contributed by atoms with Crippen LogP contribution in [0.1, 0.15) is 68.4 Å². The highest BCUT2D eigenvalue weighted by atomic mass is 16.5. The quantitative estimate of drug-likeness (QED) is 0.665. The normalized spacial score (nSPS) is 22.0. The minimum atomic E-state index is 0.378. The molecule has 3 aliphatic rings. The van der Waals surface area contributed by atoms with Gasteiger partial charge in [0, 0.05) is 23.8 Å². The summed E-state index contributed by atoms with van der Waals surface area (Å²) in [5.74, 6) is 3.28. The molecule has 3 aromatic rings. The number of rotatable bonds is 5. The number of hydrogen-bond donors (Lipinski definition) is 0. The van der Waals surface area contributed by atoms with Crippen molar-refractivity contribution < 1.29 is 4.52 Å². The Hall–Kier alpha value is -2.21. The number of piperidine rings is 1. The van der Waals surface area contributed by atoms with E-state index >= 15 is 0 Å². The summed E-state index contributed by atoms with van der Waals surface area (Å²) in [7, 11) is 0. The molecule has 1 saturated heterocycles. The van der Waals surface area contributed by atoms with Gasteiger partial charge in [0.25, 0.3) is 5.95 Å². The Balaban J connectivity index is 1.21. The van der Waals surface area contributed by atoms with Crippen LogP contribution in [0.5, 0.6) is 0 Å². The predicted molar refractivity (Wildman–Crippen MR) is 107 cm³/mol. The number of benzene rings is 1. The highest BCUT2D eigenvalue weighted by Gasteiger charge is 2.31. The third-order valence-electron chi connectivity index (χ3n) is 6.88. The van der Waals surface area contributed by atoms with Crippen LogP contribution < -0.4 is 0 Å². The van der Waals surface area contributed by atoms with Crippen LogP contribution >= 0.6 is 0 Å². The lowest BCUT2D eigenvalue weighted by Gasteiger charge is -2.36. The van der Waals surface area contributed by atoms with Gasteiger partial charge in [0.15, 0.2) is 0 Å². The van der Waals surface area contributed by atoms with Crippen molar-refractivity contribution in [3.05, 3.63) is 35.9 Å². The maximum absolute atomic E-state index is 5.70. The molecule has 146 valence electrons. The SMILES string of the molecule is c1ccc2c(c1)c(C1CC1)nn2-c1noc(C2CCN(CC3CCC3)CC2)n1. The van der Waals surface area contributed by atoms with Crippen molar-refractivity contribution in [1.29, 1.82) is 0 Å². The molecule has 6 heteroatoms. The van der Waals surface area contributed by atoms with E-state index in [0.717, 1.165) is 43.3 Å². The Morgan fingerprint density at radius 3 is 2.54 bits per heavy atom. The van der Waals surface area contributed by atoms with Gasteiger partial charge in [-0.25, -0.2) is 0 Å². The van der Waals surface area contributed by atoms with E-state index in [2.05, 4.69) is 34.3 Å². The molecule has 3 heterocycles. The summed E-state index contributed by atoms with van der Waals surface area (Å²) in [5, 5.41) is 10.4. The molecule has 0 unspecified atom stereocenters. The fourth-order valence-electron chi connectivity index (χ4n) is 4.78. The molecule has 2 aromatic heterocycles. The number of hydrogen-bond acceptors (Lipinski definition) is 5. The Morgan fingerprint density at radius 2 is 1.79 bits per heavy atom. The summed E-state index contributed by atoms with van der Waals surface area (Å²) in [4.78, 5) is 7.39. The van der Waals surface area contributed by atoms with Crippen LogP contribution in [0.2, 0.25) is 0 Å². The average molecular weight is 377 g/mol.